The van der Waals surface area contributed by atoms with Crippen molar-refractivity contribution in [2.45, 2.75) is 38.8 Å². The van der Waals surface area contributed by atoms with Gasteiger partial charge in [0.2, 0.25) is 17.7 Å². The van der Waals surface area contributed by atoms with Crippen molar-refractivity contribution < 1.29 is 37.9 Å². The quantitative estimate of drug-likeness (QED) is 0.234. The van der Waals surface area contributed by atoms with Gasteiger partial charge in [-0.3, -0.25) is 19.2 Å². The highest BCUT2D eigenvalue weighted by atomic mass is 19.1. The first-order chi connectivity index (χ1) is 18.3. The minimum Gasteiger partial charge on any atom is -0.465 e. The average Bonchev–Trinajstić information content (AvgIpc) is 2.84. The third-order valence-corrected chi connectivity index (χ3v) is 5.06. The van der Waals surface area contributed by atoms with Gasteiger partial charge in [0, 0.05) is 24.2 Å². The van der Waals surface area contributed by atoms with Gasteiger partial charge >= 0.3 is 6.09 Å². The molecular formula is C26H31F2N5O6. The van der Waals surface area contributed by atoms with Crippen molar-refractivity contribution in [3.05, 3.63) is 59.7 Å². The molecular weight excluding hydrogens is 516 g/mol. The SMILES string of the molecule is CC(C)(C)NC(=O)C[C@H](NC(=O)CNC(=O)O)C(=O)NCCNC(=O)c1cc(-c2ccccc2F)ccc1F. The lowest BCUT2D eigenvalue weighted by atomic mass is 10.0. The second kappa shape index (κ2) is 13.8. The number of carbonyl (C=O) groups excluding carboxylic acids is 4. The summed E-state index contributed by atoms with van der Waals surface area (Å²) in [4.78, 5) is 60.2. The molecule has 13 heteroatoms. The maximum absolute atomic E-state index is 14.3. The summed E-state index contributed by atoms with van der Waals surface area (Å²) in [5, 5.41) is 20.4. The molecule has 0 aliphatic rings. The Morgan fingerprint density at radius 1 is 0.872 bits per heavy atom. The molecule has 0 unspecified atom stereocenters. The lowest BCUT2D eigenvalue weighted by molar-refractivity contribution is -0.132. The van der Waals surface area contributed by atoms with Crippen LogP contribution in [0.3, 0.4) is 0 Å². The number of amides is 5. The van der Waals surface area contributed by atoms with Crippen LogP contribution < -0.4 is 26.6 Å². The molecule has 210 valence electrons. The molecule has 0 saturated carbocycles. The lowest BCUT2D eigenvalue weighted by Gasteiger charge is -2.23. The molecule has 1 atom stereocenters. The van der Waals surface area contributed by atoms with Crippen molar-refractivity contribution in [2.24, 2.45) is 0 Å². The van der Waals surface area contributed by atoms with Gasteiger partial charge in [0.15, 0.2) is 0 Å². The van der Waals surface area contributed by atoms with E-state index in [0.29, 0.717) is 5.56 Å². The Hall–Kier alpha value is -4.55. The number of rotatable bonds is 11. The van der Waals surface area contributed by atoms with E-state index in [4.69, 9.17) is 5.11 Å². The Balaban J connectivity index is 1.98. The molecule has 5 amide bonds. The summed E-state index contributed by atoms with van der Waals surface area (Å²) in [5.74, 6) is -4.28. The van der Waals surface area contributed by atoms with E-state index in [1.807, 2.05) is 5.32 Å². The third kappa shape index (κ3) is 10.4. The van der Waals surface area contributed by atoms with E-state index in [1.165, 1.54) is 30.3 Å². The fourth-order valence-electron chi connectivity index (χ4n) is 3.41. The zero-order valence-corrected chi connectivity index (χ0v) is 21.7. The van der Waals surface area contributed by atoms with Crippen LogP contribution in [-0.4, -0.2) is 66.0 Å². The molecule has 0 fully saturated rings. The Morgan fingerprint density at radius 3 is 2.18 bits per heavy atom. The molecule has 0 radical (unpaired) electrons. The predicted octanol–water partition coefficient (Wildman–Crippen LogP) is 1.54. The predicted molar refractivity (Wildman–Crippen MR) is 138 cm³/mol. The normalized spacial score (nSPS) is 11.6. The van der Waals surface area contributed by atoms with Crippen molar-refractivity contribution in [3.8, 4) is 11.1 Å². The second-order valence-electron chi connectivity index (χ2n) is 9.50. The molecule has 0 aliphatic carbocycles. The molecule has 2 rings (SSSR count). The highest BCUT2D eigenvalue weighted by molar-refractivity contribution is 5.96. The van der Waals surface area contributed by atoms with Gasteiger partial charge in [-0.1, -0.05) is 24.3 Å². The van der Waals surface area contributed by atoms with Crippen LogP contribution in [0.2, 0.25) is 0 Å². The number of carboxylic acid groups (broad SMARTS) is 1. The van der Waals surface area contributed by atoms with Gasteiger partial charge in [-0.15, -0.1) is 0 Å². The second-order valence-corrected chi connectivity index (χ2v) is 9.50. The standard InChI is InChI=1S/C26H31F2N5O6/c1-26(2,3)33-21(34)13-20(32-22(35)14-31-25(38)39)24(37)30-11-10-29-23(36)17-12-15(8-9-19(17)28)16-6-4-5-7-18(16)27/h4-9,12,20,31H,10-11,13-14H2,1-3H3,(H,29,36)(H,30,37)(H,32,35)(H,33,34)(H,38,39)/t20-/m0/s1. The van der Waals surface area contributed by atoms with E-state index >= 15 is 0 Å². The molecule has 0 spiro atoms. The van der Waals surface area contributed by atoms with Gasteiger partial charge in [-0.25, -0.2) is 13.6 Å². The summed E-state index contributed by atoms with van der Waals surface area (Å²) in [7, 11) is 0. The largest absolute Gasteiger partial charge is 0.465 e. The van der Waals surface area contributed by atoms with Crippen LogP contribution in [0.15, 0.2) is 42.5 Å². The summed E-state index contributed by atoms with van der Waals surface area (Å²) < 4.78 is 28.4. The van der Waals surface area contributed by atoms with Crippen LogP contribution in [0.4, 0.5) is 13.6 Å². The Labute approximate surface area is 223 Å². The van der Waals surface area contributed by atoms with Gasteiger partial charge in [-0.2, -0.15) is 0 Å². The van der Waals surface area contributed by atoms with Crippen LogP contribution in [0.25, 0.3) is 11.1 Å². The fourth-order valence-corrected chi connectivity index (χ4v) is 3.41. The summed E-state index contributed by atoms with van der Waals surface area (Å²) in [6, 6.07) is 8.13. The number of nitrogens with one attached hydrogen (secondary N) is 5. The summed E-state index contributed by atoms with van der Waals surface area (Å²) in [6.45, 7) is 4.28. The summed E-state index contributed by atoms with van der Waals surface area (Å²) >= 11 is 0. The van der Waals surface area contributed by atoms with Crippen LogP contribution >= 0.6 is 0 Å². The van der Waals surface area contributed by atoms with Crippen LogP contribution in [0, 0.1) is 11.6 Å². The van der Waals surface area contributed by atoms with Crippen molar-refractivity contribution >= 4 is 29.7 Å². The first kappa shape index (κ1) is 30.7. The van der Waals surface area contributed by atoms with Gasteiger partial charge in [0.05, 0.1) is 12.0 Å². The van der Waals surface area contributed by atoms with Gasteiger partial charge < -0.3 is 31.7 Å². The van der Waals surface area contributed by atoms with Crippen molar-refractivity contribution in [1.82, 2.24) is 26.6 Å². The molecule has 0 heterocycles. The smallest absolute Gasteiger partial charge is 0.405 e. The highest BCUT2D eigenvalue weighted by Gasteiger charge is 2.26. The summed E-state index contributed by atoms with van der Waals surface area (Å²) in [5.41, 5.74) is -0.425. The minimum atomic E-state index is -1.44. The van der Waals surface area contributed by atoms with E-state index in [2.05, 4.69) is 21.3 Å². The molecule has 0 saturated heterocycles. The van der Waals surface area contributed by atoms with Crippen molar-refractivity contribution in [2.75, 3.05) is 19.6 Å². The maximum Gasteiger partial charge on any atom is 0.405 e. The fraction of sp³-hybridized carbons (Fsp3) is 0.346. The zero-order chi connectivity index (χ0) is 29.2. The number of carbonyl (C=O) groups is 5. The van der Waals surface area contributed by atoms with Crippen molar-refractivity contribution in [3.63, 3.8) is 0 Å². The topological polar surface area (TPSA) is 166 Å². The number of halogens is 2. The molecule has 0 aliphatic heterocycles. The molecule has 11 nitrogen and oxygen atoms in total. The molecule has 2 aromatic rings. The molecule has 2 aromatic carbocycles. The Kier molecular flexibility index (Phi) is 10.9. The Bertz CT molecular complexity index is 1230. The van der Waals surface area contributed by atoms with Gasteiger partial charge in [0.25, 0.3) is 5.91 Å². The lowest BCUT2D eigenvalue weighted by Crippen LogP contribution is -2.53. The van der Waals surface area contributed by atoms with E-state index in [0.717, 1.165) is 6.07 Å². The summed E-state index contributed by atoms with van der Waals surface area (Å²) in [6.07, 6.45) is -1.87. The Morgan fingerprint density at radius 2 is 1.54 bits per heavy atom. The third-order valence-electron chi connectivity index (χ3n) is 5.06. The monoisotopic (exact) mass is 547 g/mol. The van der Waals surface area contributed by atoms with E-state index in [9.17, 15) is 32.8 Å². The van der Waals surface area contributed by atoms with E-state index < -0.39 is 65.9 Å². The number of hydrogen-bond donors (Lipinski definition) is 6. The van der Waals surface area contributed by atoms with Crippen LogP contribution in [-0.2, 0) is 14.4 Å². The first-order valence-corrected chi connectivity index (χ1v) is 11.9. The van der Waals surface area contributed by atoms with Crippen LogP contribution in [0.1, 0.15) is 37.6 Å². The number of benzene rings is 2. The zero-order valence-electron chi connectivity index (χ0n) is 21.7. The van der Waals surface area contributed by atoms with Crippen molar-refractivity contribution in [1.29, 1.82) is 0 Å². The van der Waals surface area contributed by atoms with Gasteiger partial charge in [-0.05, 0) is 44.5 Å². The van der Waals surface area contributed by atoms with Crippen LogP contribution in [0.5, 0.6) is 0 Å². The molecule has 0 aromatic heterocycles. The highest BCUT2D eigenvalue weighted by Crippen LogP contribution is 2.24. The maximum atomic E-state index is 14.3. The first-order valence-electron chi connectivity index (χ1n) is 11.9. The van der Waals surface area contributed by atoms with E-state index in [-0.39, 0.29) is 24.2 Å². The molecule has 6 N–H and O–H groups in total. The van der Waals surface area contributed by atoms with E-state index in [1.54, 1.807) is 26.8 Å². The molecule has 0 bridgehead atoms. The average molecular weight is 548 g/mol. The van der Waals surface area contributed by atoms with Gasteiger partial charge in [0.1, 0.15) is 24.2 Å². The molecule has 39 heavy (non-hydrogen) atoms. The number of hydrogen-bond acceptors (Lipinski definition) is 5. The minimum absolute atomic E-state index is 0.136.